The molecule has 3 aromatic rings. The first-order valence-corrected chi connectivity index (χ1v) is 8.67. The Hall–Kier alpha value is -2.92. The van der Waals surface area contributed by atoms with Crippen molar-refractivity contribution in [3.63, 3.8) is 0 Å². The van der Waals surface area contributed by atoms with E-state index < -0.39 is 5.97 Å². The summed E-state index contributed by atoms with van der Waals surface area (Å²) in [6.07, 6.45) is 0. The lowest BCUT2D eigenvalue weighted by Crippen LogP contribution is -2.11. The number of aliphatic carboxylic acids is 1. The number of carboxylic acid groups (broad SMARTS) is 1. The lowest BCUT2D eigenvalue weighted by atomic mass is 10.2. The molecule has 0 radical (unpaired) electrons. The molecule has 0 amide bonds. The second kappa shape index (κ2) is 8.26. The van der Waals surface area contributed by atoms with Crippen molar-refractivity contribution < 1.29 is 9.90 Å². The number of para-hydroxylation sites is 3. The Labute approximate surface area is 150 Å². The zero-order chi connectivity index (χ0) is 17.5. The van der Waals surface area contributed by atoms with Crippen LogP contribution in [0.3, 0.4) is 0 Å². The molecule has 0 fully saturated rings. The monoisotopic (exact) mass is 350 g/mol. The van der Waals surface area contributed by atoms with Gasteiger partial charge in [0.25, 0.3) is 0 Å². The van der Waals surface area contributed by atoms with Crippen molar-refractivity contribution in [3.8, 4) is 0 Å². The predicted octanol–water partition coefficient (Wildman–Crippen LogP) is 5.08. The van der Waals surface area contributed by atoms with Gasteiger partial charge in [0.15, 0.2) is 0 Å². The number of carboxylic acids is 1. The van der Waals surface area contributed by atoms with Crippen LogP contribution in [0.1, 0.15) is 0 Å². The summed E-state index contributed by atoms with van der Waals surface area (Å²) in [7, 11) is 0. The van der Waals surface area contributed by atoms with E-state index in [-0.39, 0.29) is 6.54 Å². The molecule has 0 unspecified atom stereocenters. The summed E-state index contributed by atoms with van der Waals surface area (Å²) in [6, 6.07) is 26.0. The van der Waals surface area contributed by atoms with Gasteiger partial charge in [0.1, 0.15) is 6.54 Å². The van der Waals surface area contributed by atoms with Crippen molar-refractivity contribution in [2.75, 3.05) is 17.2 Å². The van der Waals surface area contributed by atoms with Crippen LogP contribution in [0.2, 0.25) is 0 Å². The van der Waals surface area contributed by atoms with E-state index in [0.717, 1.165) is 5.69 Å². The number of rotatable bonds is 3. The van der Waals surface area contributed by atoms with Crippen LogP contribution in [0.5, 0.6) is 0 Å². The molecule has 1 heterocycles. The summed E-state index contributed by atoms with van der Waals surface area (Å²) in [5.74, 6) is -0.853. The van der Waals surface area contributed by atoms with E-state index in [1.807, 2.05) is 42.1 Å². The zero-order valence-electron chi connectivity index (χ0n) is 13.5. The molecule has 5 heteroatoms. The molecule has 4 rings (SSSR count). The molecular weight excluding hydrogens is 332 g/mol. The van der Waals surface area contributed by atoms with Gasteiger partial charge in [-0.2, -0.15) is 0 Å². The summed E-state index contributed by atoms with van der Waals surface area (Å²) in [5.41, 5.74) is 3.24. The Morgan fingerprint density at radius 3 is 1.92 bits per heavy atom. The third-order valence-corrected chi connectivity index (χ3v) is 4.63. The number of carbonyl (C=O) groups is 1. The highest BCUT2D eigenvalue weighted by Gasteiger charge is 2.13. The third-order valence-electron chi connectivity index (χ3n) is 3.48. The van der Waals surface area contributed by atoms with E-state index in [2.05, 4.69) is 59.2 Å². The van der Waals surface area contributed by atoms with Gasteiger partial charge in [0, 0.05) is 15.5 Å². The SMILES string of the molecule is O=C(O)CNc1ccccc1.c1ccc2c(c1)Nc1ccccc1S2. The van der Waals surface area contributed by atoms with E-state index in [1.54, 1.807) is 0 Å². The lowest BCUT2D eigenvalue weighted by molar-refractivity contribution is -0.134. The topological polar surface area (TPSA) is 61.4 Å². The first-order chi connectivity index (χ1) is 12.2. The fourth-order valence-electron chi connectivity index (χ4n) is 2.32. The van der Waals surface area contributed by atoms with Crippen molar-refractivity contribution in [2.45, 2.75) is 9.79 Å². The van der Waals surface area contributed by atoms with Gasteiger partial charge in [0.05, 0.1) is 11.4 Å². The van der Waals surface area contributed by atoms with Gasteiger partial charge in [-0.25, -0.2) is 0 Å². The Bertz CT molecular complexity index is 766. The number of fused-ring (bicyclic) bond motifs is 2. The highest BCUT2D eigenvalue weighted by molar-refractivity contribution is 7.99. The van der Waals surface area contributed by atoms with E-state index in [9.17, 15) is 4.79 Å². The second-order valence-corrected chi connectivity index (χ2v) is 6.42. The van der Waals surface area contributed by atoms with Crippen molar-refractivity contribution >= 4 is 34.8 Å². The molecule has 0 aliphatic carbocycles. The number of anilines is 3. The summed E-state index contributed by atoms with van der Waals surface area (Å²) in [6.45, 7) is -0.0377. The fourth-order valence-corrected chi connectivity index (χ4v) is 3.30. The van der Waals surface area contributed by atoms with Crippen LogP contribution in [0.15, 0.2) is 88.7 Å². The van der Waals surface area contributed by atoms with Crippen LogP contribution in [-0.2, 0) is 4.79 Å². The van der Waals surface area contributed by atoms with E-state index in [1.165, 1.54) is 21.2 Å². The molecule has 1 aliphatic rings. The zero-order valence-corrected chi connectivity index (χ0v) is 14.3. The summed E-state index contributed by atoms with van der Waals surface area (Å²) >= 11 is 1.82. The average Bonchev–Trinajstić information content (AvgIpc) is 2.66. The molecule has 4 nitrogen and oxygen atoms in total. The molecule has 0 saturated heterocycles. The van der Waals surface area contributed by atoms with Crippen LogP contribution in [0.4, 0.5) is 17.1 Å². The maximum absolute atomic E-state index is 10.1. The summed E-state index contributed by atoms with van der Waals surface area (Å²) in [4.78, 5) is 12.7. The highest BCUT2D eigenvalue weighted by atomic mass is 32.2. The molecule has 25 heavy (non-hydrogen) atoms. The Balaban J connectivity index is 0.000000151. The number of benzene rings is 3. The molecule has 3 aromatic carbocycles. The maximum Gasteiger partial charge on any atom is 0.322 e. The summed E-state index contributed by atoms with van der Waals surface area (Å²) in [5, 5.41) is 14.5. The molecule has 0 spiro atoms. The van der Waals surface area contributed by atoms with E-state index in [4.69, 9.17) is 5.11 Å². The molecule has 3 N–H and O–H groups in total. The van der Waals surface area contributed by atoms with Crippen LogP contribution >= 0.6 is 11.8 Å². The quantitative estimate of drug-likeness (QED) is 0.481. The molecular formula is C20H18N2O2S. The van der Waals surface area contributed by atoms with Gasteiger partial charge in [-0.1, -0.05) is 54.2 Å². The third kappa shape index (κ3) is 4.78. The fraction of sp³-hybridized carbons (Fsp3) is 0.0500. The normalized spacial score (nSPS) is 11.0. The molecule has 0 atom stereocenters. The minimum atomic E-state index is -0.853. The van der Waals surface area contributed by atoms with Gasteiger partial charge >= 0.3 is 5.97 Å². The van der Waals surface area contributed by atoms with Gasteiger partial charge in [-0.05, 0) is 36.4 Å². The molecule has 126 valence electrons. The van der Waals surface area contributed by atoms with Crippen molar-refractivity contribution in [1.82, 2.24) is 0 Å². The van der Waals surface area contributed by atoms with Gasteiger partial charge in [-0.3, -0.25) is 4.79 Å². The first-order valence-electron chi connectivity index (χ1n) is 7.86. The van der Waals surface area contributed by atoms with Crippen LogP contribution in [-0.4, -0.2) is 17.6 Å². The van der Waals surface area contributed by atoms with E-state index in [0.29, 0.717) is 0 Å². The van der Waals surface area contributed by atoms with Crippen molar-refractivity contribution in [3.05, 3.63) is 78.9 Å². The Morgan fingerprint density at radius 2 is 1.36 bits per heavy atom. The minimum absolute atomic E-state index is 0.0377. The van der Waals surface area contributed by atoms with Crippen molar-refractivity contribution in [1.29, 1.82) is 0 Å². The number of hydrogen-bond acceptors (Lipinski definition) is 4. The smallest absolute Gasteiger partial charge is 0.322 e. The largest absolute Gasteiger partial charge is 0.480 e. The molecule has 0 aromatic heterocycles. The van der Waals surface area contributed by atoms with Crippen LogP contribution in [0, 0.1) is 0 Å². The van der Waals surface area contributed by atoms with Crippen molar-refractivity contribution in [2.24, 2.45) is 0 Å². The molecule has 1 aliphatic heterocycles. The number of nitrogens with one attached hydrogen (secondary N) is 2. The maximum atomic E-state index is 10.1. The Morgan fingerprint density at radius 1 is 0.840 bits per heavy atom. The average molecular weight is 350 g/mol. The second-order valence-electron chi connectivity index (χ2n) is 5.33. The molecule has 0 saturated carbocycles. The lowest BCUT2D eigenvalue weighted by Gasteiger charge is -2.19. The van der Waals surface area contributed by atoms with Crippen LogP contribution < -0.4 is 10.6 Å². The minimum Gasteiger partial charge on any atom is -0.480 e. The first kappa shape index (κ1) is 16.9. The Kier molecular flexibility index (Phi) is 5.59. The van der Waals surface area contributed by atoms with Crippen LogP contribution in [0.25, 0.3) is 0 Å². The molecule has 0 bridgehead atoms. The predicted molar refractivity (Wildman–Crippen MR) is 103 cm³/mol. The number of hydrogen-bond donors (Lipinski definition) is 3. The van der Waals surface area contributed by atoms with Gasteiger partial charge < -0.3 is 15.7 Å². The van der Waals surface area contributed by atoms with E-state index >= 15 is 0 Å². The highest BCUT2D eigenvalue weighted by Crippen LogP contribution is 2.43. The van der Waals surface area contributed by atoms with Gasteiger partial charge in [-0.15, -0.1) is 0 Å². The summed E-state index contributed by atoms with van der Waals surface area (Å²) < 4.78 is 0. The standard InChI is InChI=1S/C12H9NS.C8H9NO2/c1-3-7-11-9(5-1)13-10-6-2-4-8-12(10)14-11;10-8(11)6-9-7-4-2-1-3-5-7/h1-8,13H;1-5,9H,6H2,(H,10,11). The van der Waals surface area contributed by atoms with Gasteiger partial charge in [0.2, 0.25) is 0 Å².